The molecule has 4 nitrogen and oxygen atoms in total. The van der Waals surface area contributed by atoms with E-state index in [1.165, 1.54) is 17.4 Å². The van der Waals surface area contributed by atoms with Gasteiger partial charge in [0.25, 0.3) is 5.91 Å². The van der Waals surface area contributed by atoms with Gasteiger partial charge in [-0.1, -0.05) is 6.07 Å². The molecule has 7 heteroatoms. The lowest BCUT2D eigenvalue weighted by Gasteiger charge is -2.33. The Bertz CT molecular complexity index is 707. The summed E-state index contributed by atoms with van der Waals surface area (Å²) in [6.45, 7) is 4.50. The fourth-order valence-electron chi connectivity index (χ4n) is 2.90. The summed E-state index contributed by atoms with van der Waals surface area (Å²) >= 11 is 1.35. The van der Waals surface area contributed by atoms with Crippen LogP contribution in [0.3, 0.4) is 0 Å². The Morgan fingerprint density at radius 3 is 3.00 bits per heavy atom. The lowest BCUT2D eigenvalue weighted by molar-refractivity contribution is 0.0657. The maximum atomic E-state index is 14.2. The van der Waals surface area contributed by atoms with Crippen molar-refractivity contribution in [3.8, 4) is 0 Å². The molecule has 1 fully saturated rings. The highest BCUT2D eigenvalue weighted by atomic mass is 35.5. The van der Waals surface area contributed by atoms with Crippen molar-refractivity contribution in [3.63, 3.8) is 0 Å². The van der Waals surface area contributed by atoms with Crippen molar-refractivity contribution in [1.29, 1.82) is 0 Å². The molecule has 0 saturated carbocycles. The summed E-state index contributed by atoms with van der Waals surface area (Å²) in [5.74, 6) is -0.324. The van der Waals surface area contributed by atoms with Crippen molar-refractivity contribution in [1.82, 2.24) is 10.2 Å². The maximum absolute atomic E-state index is 14.2. The lowest BCUT2D eigenvalue weighted by Crippen LogP contribution is -2.52. The summed E-state index contributed by atoms with van der Waals surface area (Å²) in [7, 11) is 1.56. The van der Waals surface area contributed by atoms with Crippen LogP contribution in [0, 0.1) is 5.82 Å². The first-order chi connectivity index (χ1) is 10.6. The summed E-state index contributed by atoms with van der Waals surface area (Å²) in [5.41, 5.74) is 0.663. The number of hydrogen-bond acceptors (Lipinski definition) is 4. The minimum Gasteiger partial charge on any atom is -0.380 e. The molecule has 23 heavy (non-hydrogen) atoms. The third kappa shape index (κ3) is 3.35. The Hall–Kier alpha value is -1.21. The first-order valence-corrected chi connectivity index (χ1v) is 8.15. The molecular formula is C16H20ClFN2O2S. The molecule has 1 aromatic heterocycles. The zero-order valence-electron chi connectivity index (χ0n) is 13.1. The van der Waals surface area contributed by atoms with E-state index in [9.17, 15) is 9.18 Å². The second-order valence-electron chi connectivity index (χ2n) is 5.51. The van der Waals surface area contributed by atoms with Gasteiger partial charge in [0.2, 0.25) is 0 Å². The molecule has 2 aromatic rings. The third-order valence-electron chi connectivity index (χ3n) is 4.01. The Morgan fingerprint density at radius 1 is 1.52 bits per heavy atom. The molecule has 0 radical (unpaired) electrons. The van der Waals surface area contributed by atoms with E-state index in [-0.39, 0.29) is 36.8 Å². The molecule has 1 saturated heterocycles. The predicted molar refractivity (Wildman–Crippen MR) is 93.1 cm³/mol. The van der Waals surface area contributed by atoms with Gasteiger partial charge >= 0.3 is 0 Å². The number of rotatable bonds is 3. The highest BCUT2D eigenvalue weighted by Gasteiger charge is 2.28. The average Bonchev–Trinajstić information content (AvgIpc) is 2.88. The summed E-state index contributed by atoms with van der Waals surface area (Å²) in [6.07, 6.45) is 0. The van der Waals surface area contributed by atoms with Crippen molar-refractivity contribution >= 4 is 39.7 Å². The molecule has 1 aliphatic rings. The van der Waals surface area contributed by atoms with Gasteiger partial charge in [0.05, 0.1) is 11.5 Å². The quantitative estimate of drug-likeness (QED) is 0.917. The molecule has 1 N–H and O–H groups in total. The largest absolute Gasteiger partial charge is 0.380 e. The minimum absolute atomic E-state index is 0. The van der Waals surface area contributed by atoms with Crippen LogP contribution in [0.4, 0.5) is 4.39 Å². The number of piperazine rings is 1. The fraction of sp³-hybridized carbons (Fsp3) is 0.438. The maximum Gasteiger partial charge on any atom is 0.264 e. The smallest absolute Gasteiger partial charge is 0.264 e. The Morgan fingerprint density at radius 2 is 2.30 bits per heavy atom. The number of benzene rings is 1. The normalized spacial score (nSPS) is 18.0. The number of nitrogens with one attached hydrogen (secondary N) is 1. The highest BCUT2D eigenvalue weighted by Crippen LogP contribution is 2.34. The number of methoxy groups -OCH3 is 1. The van der Waals surface area contributed by atoms with Gasteiger partial charge in [0.1, 0.15) is 5.82 Å². The molecule has 2 heterocycles. The third-order valence-corrected chi connectivity index (χ3v) is 5.19. The van der Waals surface area contributed by atoms with Crippen molar-refractivity contribution in [3.05, 3.63) is 34.5 Å². The average molecular weight is 359 g/mol. The number of amides is 1. The Labute approximate surface area is 145 Å². The molecule has 3 rings (SSSR count). The lowest BCUT2D eigenvalue weighted by atomic mass is 10.1. The van der Waals surface area contributed by atoms with Gasteiger partial charge in [0, 0.05) is 48.4 Å². The van der Waals surface area contributed by atoms with Crippen LogP contribution in [0.15, 0.2) is 18.2 Å². The van der Waals surface area contributed by atoms with Gasteiger partial charge in [-0.25, -0.2) is 4.39 Å². The van der Waals surface area contributed by atoms with Gasteiger partial charge in [-0.3, -0.25) is 4.79 Å². The topological polar surface area (TPSA) is 41.6 Å². The monoisotopic (exact) mass is 358 g/mol. The molecule has 0 spiro atoms. The first kappa shape index (κ1) is 18.1. The number of thiophene rings is 1. The van der Waals surface area contributed by atoms with Crippen LogP contribution in [0.25, 0.3) is 10.1 Å². The molecule has 126 valence electrons. The number of hydrogen-bond donors (Lipinski definition) is 1. The van der Waals surface area contributed by atoms with Crippen LogP contribution in [-0.2, 0) is 11.3 Å². The van der Waals surface area contributed by atoms with Crippen LogP contribution in [0.1, 0.15) is 22.2 Å². The van der Waals surface area contributed by atoms with Crippen LogP contribution in [0.5, 0.6) is 0 Å². The van der Waals surface area contributed by atoms with Gasteiger partial charge in [0.15, 0.2) is 0 Å². The zero-order chi connectivity index (χ0) is 15.7. The minimum atomic E-state index is -0.298. The van der Waals surface area contributed by atoms with E-state index in [4.69, 9.17) is 4.74 Å². The van der Waals surface area contributed by atoms with E-state index >= 15 is 0 Å². The highest BCUT2D eigenvalue weighted by molar-refractivity contribution is 7.21. The molecular weight excluding hydrogens is 339 g/mol. The number of nitrogens with zero attached hydrogens (tertiary/aromatic N) is 1. The van der Waals surface area contributed by atoms with Crippen molar-refractivity contribution in [2.75, 3.05) is 26.7 Å². The number of carbonyl (C=O) groups excluding carboxylic acids is 1. The molecule has 1 amide bonds. The predicted octanol–water partition coefficient (Wildman–Crippen LogP) is 3.04. The number of fused-ring (bicyclic) bond motifs is 1. The van der Waals surface area contributed by atoms with E-state index in [2.05, 4.69) is 5.32 Å². The van der Waals surface area contributed by atoms with Gasteiger partial charge in [-0.05, 0) is 19.1 Å². The first-order valence-electron chi connectivity index (χ1n) is 7.34. The van der Waals surface area contributed by atoms with E-state index in [1.54, 1.807) is 13.2 Å². The van der Waals surface area contributed by atoms with Crippen LogP contribution < -0.4 is 5.32 Å². The Balaban J connectivity index is 0.00000192. The van der Waals surface area contributed by atoms with Gasteiger partial charge < -0.3 is 15.0 Å². The van der Waals surface area contributed by atoms with Crippen molar-refractivity contribution in [2.45, 2.75) is 19.6 Å². The van der Waals surface area contributed by atoms with Crippen LogP contribution in [-0.4, -0.2) is 43.6 Å². The van der Waals surface area contributed by atoms with Crippen LogP contribution >= 0.6 is 23.7 Å². The molecule has 1 aliphatic heterocycles. The van der Waals surface area contributed by atoms with Crippen molar-refractivity contribution in [2.24, 2.45) is 0 Å². The molecule has 0 unspecified atom stereocenters. The second kappa shape index (κ2) is 7.57. The van der Waals surface area contributed by atoms with Crippen LogP contribution in [0.2, 0.25) is 0 Å². The number of halogens is 2. The molecule has 1 aromatic carbocycles. The summed E-state index contributed by atoms with van der Waals surface area (Å²) < 4.78 is 20.2. The fourth-order valence-corrected chi connectivity index (χ4v) is 4.07. The van der Waals surface area contributed by atoms with E-state index in [1.807, 2.05) is 17.9 Å². The number of ether oxygens (including phenoxy) is 1. The summed E-state index contributed by atoms with van der Waals surface area (Å²) in [4.78, 5) is 15.4. The SMILES string of the molecule is COCc1c(C(=O)N2CCNC[C@@H]2C)sc2cccc(F)c12.Cl. The summed E-state index contributed by atoms with van der Waals surface area (Å²) in [5, 5.41) is 3.79. The summed E-state index contributed by atoms with van der Waals surface area (Å²) in [6, 6.07) is 5.08. The molecule has 0 aliphatic carbocycles. The number of carbonyl (C=O) groups is 1. The standard InChI is InChI=1S/C16H19FN2O2S.ClH/c1-10-8-18-6-7-19(10)16(20)15-11(9-21-2)14-12(17)4-3-5-13(14)22-15;/h3-5,10,18H,6-9H2,1-2H3;1H/t10-;/m0./s1. The van der Waals surface area contributed by atoms with Gasteiger partial charge in [-0.15, -0.1) is 23.7 Å². The van der Waals surface area contributed by atoms with E-state index in [0.29, 0.717) is 22.4 Å². The van der Waals surface area contributed by atoms with Gasteiger partial charge in [-0.2, -0.15) is 0 Å². The molecule has 1 atom stereocenters. The zero-order valence-corrected chi connectivity index (χ0v) is 14.7. The van der Waals surface area contributed by atoms with Crippen molar-refractivity contribution < 1.29 is 13.9 Å². The van der Waals surface area contributed by atoms with E-state index < -0.39 is 0 Å². The molecule has 0 bridgehead atoms. The Kier molecular flexibility index (Phi) is 5.97. The second-order valence-corrected chi connectivity index (χ2v) is 6.56. The van der Waals surface area contributed by atoms with E-state index in [0.717, 1.165) is 17.8 Å².